The molecule has 0 saturated heterocycles. The lowest BCUT2D eigenvalue weighted by Gasteiger charge is -2.13. The van der Waals surface area contributed by atoms with Crippen LogP contribution < -0.4 is 10.0 Å². The quantitative estimate of drug-likeness (QED) is 0.373. The molecule has 1 amide bonds. The molecule has 2 N–H and O–H groups in total. The number of carbonyl (C=O) groups is 1. The monoisotopic (exact) mass is 474 g/mol. The molecular weight excluding hydrogens is 452 g/mol. The lowest BCUT2D eigenvalue weighted by molar-refractivity contribution is 0.102. The molecule has 1 aliphatic carbocycles. The predicted octanol–water partition coefficient (Wildman–Crippen LogP) is 4.30. The van der Waals surface area contributed by atoms with Crippen molar-refractivity contribution >= 4 is 44.2 Å². The van der Waals surface area contributed by atoms with Gasteiger partial charge in [-0.2, -0.15) is 0 Å². The van der Waals surface area contributed by atoms with Crippen molar-refractivity contribution in [3.8, 4) is 0 Å². The fourth-order valence-corrected chi connectivity index (χ4v) is 6.40. The molecule has 0 aliphatic heterocycles. The van der Waals surface area contributed by atoms with Gasteiger partial charge in [-0.1, -0.05) is 72.3 Å². The number of anilines is 1. The van der Waals surface area contributed by atoms with Gasteiger partial charge in [-0.25, -0.2) is 13.1 Å². The summed E-state index contributed by atoms with van der Waals surface area (Å²) in [4.78, 5) is 12.7. The summed E-state index contributed by atoms with van der Waals surface area (Å²) < 4.78 is 28.8. The summed E-state index contributed by atoms with van der Waals surface area (Å²) in [5.41, 5.74) is 1.43. The maximum atomic E-state index is 12.6. The van der Waals surface area contributed by atoms with Crippen LogP contribution in [0.2, 0.25) is 0 Å². The first-order valence-electron chi connectivity index (χ1n) is 9.93. The largest absolute Gasteiger partial charge is 0.296 e. The van der Waals surface area contributed by atoms with Crippen molar-refractivity contribution in [3.63, 3.8) is 0 Å². The number of rotatable bonds is 8. The van der Waals surface area contributed by atoms with Crippen molar-refractivity contribution in [2.45, 2.75) is 46.7 Å². The van der Waals surface area contributed by atoms with E-state index in [0.717, 1.165) is 35.8 Å². The topological polar surface area (TPSA) is 101 Å². The first-order chi connectivity index (χ1) is 15.0. The van der Waals surface area contributed by atoms with E-state index < -0.39 is 15.9 Å². The molecule has 1 aliphatic rings. The maximum absolute atomic E-state index is 12.6. The number of nitrogens with one attached hydrogen (secondary N) is 2. The van der Waals surface area contributed by atoms with Crippen LogP contribution in [-0.4, -0.2) is 30.6 Å². The first-order valence-corrected chi connectivity index (χ1v) is 13.2. The molecule has 10 heteroatoms. The van der Waals surface area contributed by atoms with Crippen LogP contribution in [0.25, 0.3) is 0 Å². The minimum Gasteiger partial charge on any atom is -0.296 e. The molecule has 0 atom stereocenters. The average molecular weight is 475 g/mol. The SMILES string of the molecule is O=C(Nc1nnc(SCc2ccccc2)s1)c1cccc(S(=O)(=O)NC2CCCC2)c1. The number of benzene rings is 2. The molecule has 0 spiro atoms. The van der Waals surface area contributed by atoms with Gasteiger partial charge in [-0.3, -0.25) is 10.1 Å². The van der Waals surface area contributed by atoms with Gasteiger partial charge in [0.2, 0.25) is 15.2 Å². The van der Waals surface area contributed by atoms with Crippen molar-refractivity contribution in [2.24, 2.45) is 0 Å². The van der Waals surface area contributed by atoms with E-state index in [1.807, 2.05) is 30.3 Å². The van der Waals surface area contributed by atoms with Crippen LogP contribution in [0.1, 0.15) is 41.6 Å². The van der Waals surface area contributed by atoms with Gasteiger partial charge < -0.3 is 0 Å². The molecule has 162 valence electrons. The van der Waals surface area contributed by atoms with Crippen molar-refractivity contribution in [3.05, 3.63) is 65.7 Å². The lowest BCUT2D eigenvalue weighted by Crippen LogP contribution is -2.32. The van der Waals surface area contributed by atoms with Gasteiger partial charge in [-0.05, 0) is 36.6 Å². The summed E-state index contributed by atoms with van der Waals surface area (Å²) in [6.07, 6.45) is 3.76. The van der Waals surface area contributed by atoms with Crippen LogP contribution in [0, 0.1) is 0 Å². The second kappa shape index (κ2) is 9.90. The summed E-state index contributed by atoms with van der Waals surface area (Å²) >= 11 is 2.83. The zero-order valence-electron chi connectivity index (χ0n) is 16.7. The lowest BCUT2D eigenvalue weighted by atomic mass is 10.2. The van der Waals surface area contributed by atoms with E-state index in [4.69, 9.17) is 0 Å². The number of hydrogen-bond acceptors (Lipinski definition) is 7. The van der Waals surface area contributed by atoms with Gasteiger partial charge in [0, 0.05) is 17.4 Å². The molecule has 0 unspecified atom stereocenters. The Morgan fingerprint density at radius 1 is 1.06 bits per heavy atom. The Morgan fingerprint density at radius 3 is 2.61 bits per heavy atom. The second-order valence-corrected chi connectivity index (χ2v) is 11.1. The molecule has 7 nitrogen and oxygen atoms in total. The van der Waals surface area contributed by atoms with E-state index in [-0.39, 0.29) is 16.5 Å². The summed E-state index contributed by atoms with van der Waals surface area (Å²) in [6.45, 7) is 0. The Kier molecular flexibility index (Phi) is 7.01. The van der Waals surface area contributed by atoms with Gasteiger partial charge in [0.25, 0.3) is 5.91 Å². The van der Waals surface area contributed by atoms with Crippen molar-refractivity contribution in [2.75, 3.05) is 5.32 Å². The van der Waals surface area contributed by atoms with Crippen LogP contribution >= 0.6 is 23.1 Å². The molecule has 1 saturated carbocycles. The number of amides is 1. The third-order valence-corrected chi connectivity index (χ3v) is 8.48. The van der Waals surface area contributed by atoms with Crippen LogP contribution in [0.15, 0.2) is 63.8 Å². The summed E-state index contributed by atoms with van der Waals surface area (Å²) in [7, 11) is -3.66. The molecule has 4 rings (SSSR count). The van der Waals surface area contributed by atoms with Crippen LogP contribution in [0.3, 0.4) is 0 Å². The highest BCUT2D eigenvalue weighted by molar-refractivity contribution is 8.00. The van der Waals surface area contributed by atoms with E-state index in [1.54, 1.807) is 23.9 Å². The predicted molar refractivity (Wildman–Crippen MR) is 123 cm³/mol. The third kappa shape index (κ3) is 5.91. The van der Waals surface area contributed by atoms with Crippen molar-refractivity contribution < 1.29 is 13.2 Å². The highest BCUT2D eigenvalue weighted by atomic mass is 32.2. The molecular formula is C21H22N4O3S3. The van der Waals surface area contributed by atoms with Crippen LogP contribution in [0.5, 0.6) is 0 Å². The third-order valence-electron chi connectivity index (χ3n) is 4.92. The molecule has 1 aromatic heterocycles. The highest BCUT2D eigenvalue weighted by Gasteiger charge is 2.23. The van der Waals surface area contributed by atoms with E-state index in [1.165, 1.54) is 29.0 Å². The smallest absolute Gasteiger partial charge is 0.257 e. The number of sulfonamides is 1. The normalized spacial score (nSPS) is 14.6. The molecule has 2 aromatic carbocycles. The standard InChI is InChI=1S/C21H22N4O3S3/c26-19(22-20-23-24-21(30-20)29-14-15-7-2-1-3-8-15)16-9-6-12-18(13-16)31(27,28)25-17-10-4-5-11-17/h1-3,6-9,12-13,17,25H,4-5,10-11,14H2,(H,22,23,26). The maximum Gasteiger partial charge on any atom is 0.257 e. The fourth-order valence-electron chi connectivity index (χ4n) is 3.34. The number of hydrogen-bond donors (Lipinski definition) is 2. The van der Waals surface area contributed by atoms with E-state index >= 15 is 0 Å². The van der Waals surface area contributed by atoms with Gasteiger partial charge in [0.1, 0.15) is 0 Å². The van der Waals surface area contributed by atoms with Gasteiger partial charge in [0.15, 0.2) is 4.34 Å². The molecule has 3 aromatic rings. The van der Waals surface area contributed by atoms with E-state index in [2.05, 4.69) is 20.2 Å². The molecule has 0 bridgehead atoms. The number of nitrogens with zero attached hydrogens (tertiary/aromatic N) is 2. The number of carbonyl (C=O) groups excluding carboxylic acids is 1. The highest BCUT2D eigenvalue weighted by Crippen LogP contribution is 2.28. The molecule has 0 radical (unpaired) electrons. The average Bonchev–Trinajstić information content (AvgIpc) is 3.45. The van der Waals surface area contributed by atoms with Crippen LogP contribution in [0.4, 0.5) is 5.13 Å². The Balaban J connectivity index is 1.38. The molecule has 1 heterocycles. The zero-order chi connectivity index (χ0) is 21.7. The van der Waals surface area contributed by atoms with E-state index in [0.29, 0.717) is 5.13 Å². The molecule has 31 heavy (non-hydrogen) atoms. The Labute approximate surface area is 189 Å². The van der Waals surface area contributed by atoms with Crippen molar-refractivity contribution in [1.29, 1.82) is 0 Å². The Bertz CT molecular complexity index is 1140. The van der Waals surface area contributed by atoms with E-state index in [9.17, 15) is 13.2 Å². The Morgan fingerprint density at radius 2 is 1.84 bits per heavy atom. The van der Waals surface area contributed by atoms with Gasteiger partial charge in [0.05, 0.1) is 4.90 Å². The van der Waals surface area contributed by atoms with Gasteiger partial charge >= 0.3 is 0 Å². The summed E-state index contributed by atoms with van der Waals surface area (Å²) in [5, 5.41) is 11.2. The first kappa shape index (κ1) is 21.9. The second-order valence-electron chi connectivity index (χ2n) is 7.23. The summed E-state index contributed by atoms with van der Waals surface area (Å²) in [6, 6.07) is 16.0. The van der Waals surface area contributed by atoms with Gasteiger partial charge in [-0.15, -0.1) is 10.2 Å². The van der Waals surface area contributed by atoms with Crippen molar-refractivity contribution in [1.82, 2.24) is 14.9 Å². The number of aromatic nitrogens is 2. The molecule has 1 fully saturated rings. The fraction of sp³-hybridized carbons (Fsp3) is 0.286. The minimum absolute atomic E-state index is 0.0318. The number of thioether (sulfide) groups is 1. The minimum atomic E-state index is -3.66. The van der Waals surface area contributed by atoms with Crippen LogP contribution in [-0.2, 0) is 15.8 Å². The Hall–Kier alpha value is -2.27. The zero-order valence-corrected chi connectivity index (χ0v) is 19.1. The summed E-state index contributed by atoms with van der Waals surface area (Å²) in [5.74, 6) is 0.339.